The van der Waals surface area contributed by atoms with Crippen LogP contribution in [0.15, 0.2) is 40.0 Å². The zero-order valence-electron chi connectivity index (χ0n) is 12.4. The molecule has 2 rings (SSSR count). The molecule has 112 valence electrons. The van der Waals surface area contributed by atoms with Crippen molar-refractivity contribution in [3.8, 4) is 0 Å². The molecule has 0 saturated heterocycles. The summed E-state index contributed by atoms with van der Waals surface area (Å²) in [4.78, 5) is 16.0. The number of esters is 1. The molecule has 1 aliphatic rings. The molecule has 0 unspecified atom stereocenters. The summed E-state index contributed by atoms with van der Waals surface area (Å²) in [5, 5.41) is 0.671. The van der Waals surface area contributed by atoms with Gasteiger partial charge in [-0.2, -0.15) is 0 Å². The maximum atomic E-state index is 12.3. The summed E-state index contributed by atoms with van der Waals surface area (Å²) in [6.07, 6.45) is 0. The van der Waals surface area contributed by atoms with Gasteiger partial charge in [0.2, 0.25) is 0 Å². The first-order chi connectivity index (χ1) is 9.88. The van der Waals surface area contributed by atoms with Crippen molar-refractivity contribution in [2.24, 2.45) is 0 Å². The van der Waals surface area contributed by atoms with Crippen LogP contribution in [0.25, 0.3) is 0 Å². The van der Waals surface area contributed by atoms with Crippen LogP contribution in [0.5, 0.6) is 0 Å². The van der Waals surface area contributed by atoms with Gasteiger partial charge in [-0.1, -0.05) is 28.1 Å². The van der Waals surface area contributed by atoms with Gasteiger partial charge >= 0.3 is 5.97 Å². The number of thiocarbonyl (C=S) groups is 1. The first-order valence-corrected chi connectivity index (χ1v) is 7.63. The molecule has 1 heterocycles. The van der Waals surface area contributed by atoms with E-state index in [0.29, 0.717) is 10.7 Å². The highest BCUT2D eigenvalue weighted by atomic mass is 79.9. The van der Waals surface area contributed by atoms with E-state index in [4.69, 9.17) is 17.0 Å². The number of ether oxygens (including phenoxy) is 1. The number of rotatable bonds is 2. The molecule has 0 N–H and O–H groups in total. The summed E-state index contributed by atoms with van der Waals surface area (Å²) >= 11 is 8.94. The van der Waals surface area contributed by atoms with Gasteiger partial charge in [0.05, 0.1) is 18.7 Å². The first-order valence-electron chi connectivity index (χ1n) is 6.43. The summed E-state index contributed by atoms with van der Waals surface area (Å²) in [7, 11) is 5.14. The Morgan fingerprint density at radius 3 is 2.62 bits per heavy atom. The molecular weight excluding hydrogens is 352 g/mol. The lowest BCUT2D eigenvalue weighted by atomic mass is 9.94. The van der Waals surface area contributed by atoms with E-state index < -0.39 is 0 Å². The number of hydrogen-bond acceptors (Lipinski definition) is 3. The monoisotopic (exact) mass is 368 g/mol. The Labute approximate surface area is 138 Å². The summed E-state index contributed by atoms with van der Waals surface area (Å²) in [6, 6.07) is 7.62. The molecule has 0 aliphatic carbocycles. The largest absolute Gasteiger partial charge is 0.466 e. The minimum atomic E-state index is -0.335. The Morgan fingerprint density at radius 2 is 2.05 bits per heavy atom. The van der Waals surface area contributed by atoms with Crippen LogP contribution in [-0.2, 0) is 9.53 Å². The van der Waals surface area contributed by atoms with E-state index in [1.165, 1.54) is 7.11 Å². The number of hydrogen-bond donors (Lipinski definition) is 0. The van der Waals surface area contributed by atoms with Crippen molar-refractivity contribution in [2.45, 2.75) is 13.0 Å². The molecule has 0 bridgehead atoms. The van der Waals surface area contributed by atoms with Crippen LogP contribution in [0.2, 0.25) is 0 Å². The van der Waals surface area contributed by atoms with Gasteiger partial charge in [-0.25, -0.2) is 4.79 Å². The van der Waals surface area contributed by atoms with Crippen LogP contribution in [0, 0.1) is 0 Å². The summed E-state index contributed by atoms with van der Waals surface area (Å²) in [6.45, 7) is 1.89. The fourth-order valence-electron chi connectivity index (χ4n) is 2.50. The van der Waals surface area contributed by atoms with E-state index in [1.54, 1.807) is 0 Å². The molecule has 0 aromatic heterocycles. The molecule has 6 heteroatoms. The first kappa shape index (κ1) is 16.0. The van der Waals surface area contributed by atoms with E-state index in [-0.39, 0.29) is 12.0 Å². The second-order valence-corrected chi connectivity index (χ2v) is 6.18. The number of likely N-dealkylation sites (N-methyl/N-ethyl adjacent to an activating group) is 1. The number of nitrogens with zero attached hydrogens (tertiary/aromatic N) is 2. The molecule has 1 aromatic carbocycles. The predicted octanol–water partition coefficient (Wildman–Crippen LogP) is 3.10. The molecule has 1 aliphatic heterocycles. The Kier molecular flexibility index (Phi) is 4.68. The minimum absolute atomic E-state index is 0.251. The Bertz CT molecular complexity index is 630. The molecule has 0 amide bonds. The Morgan fingerprint density at radius 1 is 1.38 bits per heavy atom. The number of methoxy groups -OCH3 is 1. The van der Waals surface area contributed by atoms with Crippen LogP contribution in [0.3, 0.4) is 0 Å². The number of halogens is 1. The second-order valence-electron chi connectivity index (χ2n) is 4.90. The zero-order chi connectivity index (χ0) is 15.7. The standard InChI is InChI=1S/C15H17BrN2O2S/c1-9-12(14(19)20-4)13(18(3)15(21)17(9)2)10-6-5-7-11(16)8-10/h5-8,13H,1-4H3/t13-/m1/s1. The van der Waals surface area contributed by atoms with Gasteiger partial charge in [0.1, 0.15) is 0 Å². The molecule has 0 fully saturated rings. The highest BCUT2D eigenvalue weighted by Crippen LogP contribution is 2.36. The average Bonchev–Trinajstić information content (AvgIpc) is 2.47. The van der Waals surface area contributed by atoms with Crippen molar-refractivity contribution in [1.82, 2.24) is 9.80 Å². The third kappa shape index (κ3) is 2.82. The normalized spacial score (nSPS) is 19.1. The fraction of sp³-hybridized carbons (Fsp3) is 0.333. The van der Waals surface area contributed by atoms with Crippen molar-refractivity contribution < 1.29 is 9.53 Å². The van der Waals surface area contributed by atoms with Crippen molar-refractivity contribution in [3.63, 3.8) is 0 Å². The molecule has 0 saturated carbocycles. The quantitative estimate of drug-likeness (QED) is 0.591. The summed E-state index contributed by atoms with van der Waals surface area (Å²) in [5.41, 5.74) is 2.41. The number of benzene rings is 1. The van der Waals surface area contributed by atoms with E-state index in [0.717, 1.165) is 15.7 Å². The van der Waals surface area contributed by atoms with Crippen molar-refractivity contribution in [1.29, 1.82) is 0 Å². The lowest BCUT2D eigenvalue weighted by molar-refractivity contribution is -0.137. The van der Waals surface area contributed by atoms with Crippen molar-refractivity contribution >= 4 is 39.2 Å². The smallest absolute Gasteiger partial charge is 0.337 e. The molecule has 0 spiro atoms. The fourth-order valence-corrected chi connectivity index (χ4v) is 3.16. The van der Waals surface area contributed by atoms with Gasteiger partial charge < -0.3 is 14.5 Å². The van der Waals surface area contributed by atoms with E-state index >= 15 is 0 Å². The number of allylic oxidation sites excluding steroid dienone is 1. The van der Waals surface area contributed by atoms with Gasteiger partial charge in [-0.05, 0) is 36.8 Å². The van der Waals surface area contributed by atoms with Crippen LogP contribution < -0.4 is 0 Å². The third-order valence-corrected chi connectivity index (χ3v) is 4.77. The molecule has 4 nitrogen and oxygen atoms in total. The second kappa shape index (κ2) is 6.15. The molecule has 1 atom stereocenters. The maximum Gasteiger partial charge on any atom is 0.337 e. The lowest BCUT2D eigenvalue weighted by Gasteiger charge is -2.41. The average molecular weight is 369 g/mol. The van der Waals surface area contributed by atoms with E-state index in [9.17, 15) is 4.79 Å². The van der Waals surface area contributed by atoms with Crippen LogP contribution >= 0.6 is 28.1 Å². The van der Waals surface area contributed by atoms with Gasteiger partial charge in [-0.15, -0.1) is 0 Å². The molecule has 1 aromatic rings. The Hall–Kier alpha value is -1.40. The van der Waals surface area contributed by atoms with Crippen molar-refractivity contribution in [3.05, 3.63) is 45.6 Å². The maximum absolute atomic E-state index is 12.3. The van der Waals surface area contributed by atoms with Gasteiger partial charge in [-0.3, -0.25) is 0 Å². The van der Waals surface area contributed by atoms with Gasteiger partial charge in [0, 0.05) is 24.3 Å². The highest BCUT2D eigenvalue weighted by molar-refractivity contribution is 9.10. The summed E-state index contributed by atoms with van der Waals surface area (Å²) < 4.78 is 5.93. The van der Waals surface area contributed by atoms with Gasteiger partial charge in [0.15, 0.2) is 5.11 Å². The number of carbonyl (C=O) groups excluding carboxylic acids is 1. The van der Waals surface area contributed by atoms with Crippen molar-refractivity contribution in [2.75, 3.05) is 21.2 Å². The van der Waals surface area contributed by atoms with E-state index in [2.05, 4.69) is 15.9 Å². The highest BCUT2D eigenvalue weighted by Gasteiger charge is 2.37. The predicted molar refractivity (Wildman–Crippen MR) is 89.7 cm³/mol. The SMILES string of the molecule is COC(=O)C1=C(C)N(C)C(=S)N(C)[C@@H]1c1cccc(Br)c1. The topological polar surface area (TPSA) is 32.8 Å². The van der Waals surface area contributed by atoms with Crippen LogP contribution in [0.1, 0.15) is 18.5 Å². The van der Waals surface area contributed by atoms with Crippen LogP contribution in [0.4, 0.5) is 0 Å². The minimum Gasteiger partial charge on any atom is -0.466 e. The summed E-state index contributed by atoms with van der Waals surface area (Å²) in [5.74, 6) is -0.335. The molecule has 0 radical (unpaired) electrons. The lowest BCUT2D eigenvalue weighted by Crippen LogP contribution is -2.47. The Balaban J connectivity index is 2.64. The molecular formula is C15H17BrN2O2S. The van der Waals surface area contributed by atoms with E-state index in [1.807, 2.05) is 55.1 Å². The third-order valence-electron chi connectivity index (χ3n) is 3.71. The van der Waals surface area contributed by atoms with Crippen LogP contribution in [-0.4, -0.2) is 42.1 Å². The number of carbonyl (C=O) groups is 1. The molecule has 21 heavy (non-hydrogen) atoms. The zero-order valence-corrected chi connectivity index (χ0v) is 14.8. The van der Waals surface area contributed by atoms with Gasteiger partial charge in [0.25, 0.3) is 0 Å².